The summed E-state index contributed by atoms with van der Waals surface area (Å²) < 4.78 is 20.6. The molecule has 126 valence electrons. The standard InChI is InChI=1S/C17H23ClN2O2S/c1-10-9-13(18)7-8-14(10)15-11(2)19-22-16(15)12(3)20-23(21)17(4,5)6/h7-9,12,20H,1-6H3/t12-,23+/m0/s1. The van der Waals surface area contributed by atoms with Gasteiger partial charge in [0.15, 0.2) is 5.76 Å². The Bertz CT molecular complexity index is 735. The molecule has 0 aliphatic rings. The fourth-order valence-corrected chi connectivity index (χ4v) is 3.32. The lowest BCUT2D eigenvalue weighted by molar-refractivity contribution is 0.358. The van der Waals surface area contributed by atoms with Crippen LogP contribution in [0.1, 0.15) is 50.8 Å². The molecule has 0 bridgehead atoms. The Balaban J connectivity index is 2.41. The Morgan fingerprint density at radius 2 is 1.96 bits per heavy atom. The van der Waals surface area contributed by atoms with Gasteiger partial charge in [0.1, 0.15) is 0 Å². The molecule has 2 rings (SSSR count). The van der Waals surface area contributed by atoms with Crippen LogP contribution >= 0.6 is 11.6 Å². The van der Waals surface area contributed by atoms with Crippen LogP contribution in [0.5, 0.6) is 0 Å². The van der Waals surface area contributed by atoms with Gasteiger partial charge in [-0.05, 0) is 64.8 Å². The lowest BCUT2D eigenvalue weighted by Crippen LogP contribution is -2.34. The molecule has 1 heterocycles. The first-order valence-corrected chi connectivity index (χ1v) is 9.04. The second-order valence-corrected chi connectivity index (χ2v) is 9.12. The lowest BCUT2D eigenvalue weighted by Gasteiger charge is -2.21. The number of nitrogens with zero attached hydrogens (tertiary/aromatic N) is 1. The van der Waals surface area contributed by atoms with E-state index in [2.05, 4.69) is 9.88 Å². The van der Waals surface area contributed by atoms with Crippen LogP contribution in [0.15, 0.2) is 22.7 Å². The molecule has 4 nitrogen and oxygen atoms in total. The van der Waals surface area contributed by atoms with E-state index in [4.69, 9.17) is 16.1 Å². The van der Waals surface area contributed by atoms with Crippen molar-refractivity contribution in [1.29, 1.82) is 0 Å². The first kappa shape index (κ1) is 18.2. The van der Waals surface area contributed by atoms with Crippen LogP contribution in [0, 0.1) is 13.8 Å². The predicted molar refractivity (Wildman–Crippen MR) is 95.9 cm³/mol. The van der Waals surface area contributed by atoms with Crippen molar-refractivity contribution >= 4 is 22.6 Å². The third-order valence-corrected chi connectivity index (χ3v) is 5.50. The summed E-state index contributed by atoms with van der Waals surface area (Å²) >= 11 is 6.05. The molecule has 2 aromatic rings. The van der Waals surface area contributed by atoms with Crippen LogP contribution in [-0.2, 0) is 11.0 Å². The zero-order valence-electron chi connectivity index (χ0n) is 14.4. The summed E-state index contributed by atoms with van der Waals surface area (Å²) in [7, 11) is -1.19. The van der Waals surface area contributed by atoms with Crippen LogP contribution in [0.3, 0.4) is 0 Å². The maximum absolute atomic E-state index is 12.3. The minimum atomic E-state index is -1.19. The van der Waals surface area contributed by atoms with E-state index in [1.165, 1.54) is 0 Å². The van der Waals surface area contributed by atoms with Gasteiger partial charge in [-0.15, -0.1) is 0 Å². The molecule has 6 heteroatoms. The van der Waals surface area contributed by atoms with E-state index in [1.54, 1.807) is 0 Å². The molecule has 0 fully saturated rings. The van der Waals surface area contributed by atoms with Crippen LogP contribution in [0.25, 0.3) is 11.1 Å². The number of halogens is 1. The number of nitrogens with one attached hydrogen (secondary N) is 1. The molecule has 1 N–H and O–H groups in total. The van der Waals surface area contributed by atoms with E-state index < -0.39 is 11.0 Å². The highest BCUT2D eigenvalue weighted by atomic mass is 35.5. The van der Waals surface area contributed by atoms with Gasteiger partial charge in [-0.25, -0.2) is 8.93 Å². The molecule has 2 atom stereocenters. The van der Waals surface area contributed by atoms with Gasteiger partial charge in [-0.3, -0.25) is 0 Å². The zero-order valence-corrected chi connectivity index (χ0v) is 15.9. The van der Waals surface area contributed by atoms with Gasteiger partial charge in [0.05, 0.1) is 27.5 Å². The molecular formula is C17H23ClN2O2S. The third kappa shape index (κ3) is 4.03. The summed E-state index contributed by atoms with van der Waals surface area (Å²) in [6.07, 6.45) is 0. The van der Waals surface area contributed by atoms with Crippen molar-refractivity contribution in [3.05, 3.63) is 40.2 Å². The SMILES string of the molecule is Cc1cc(Cl)ccc1-c1c(C)noc1[C@H](C)N[S@](=O)C(C)(C)C. The molecule has 1 aromatic carbocycles. The molecule has 0 amide bonds. The fourth-order valence-electron chi connectivity index (χ4n) is 2.31. The predicted octanol–water partition coefficient (Wildman–Crippen LogP) is 4.72. The molecule has 0 aliphatic carbocycles. The number of aryl methyl sites for hydroxylation is 2. The Morgan fingerprint density at radius 3 is 2.52 bits per heavy atom. The monoisotopic (exact) mass is 354 g/mol. The van der Waals surface area contributed by atoms with Gasteiger partial charge in [0.2, 0.25) is 0 Å². The highest BCUT2D eigenvalue weighted by molar-refractivity contribution is 7.84. The van der Waals surface area contributed by atoms with Crippen molar-refractivity contribution in [3.8, 4) is 11.1 Å². The normalized spacial score (nSPS) is 14.7. The van der Waals surface area contributed by atoms with Crippen LogP contribution in [0.4, 0.5) is 0 Å². The summed E-state index contributed by atoms with van der Waals surface area (Å²) in [6, 6.07) is 5.51. The van der Waals surface area contributed by atoms with E-state index in [-0.39, 0.29) is 10.8 Å². The van der Waals surface area contributed by atoms with E-state index in [1.807, 2.05) is 59.7 Å². The first-order chi connectivity index (χ1) is 10.6. The van der Waals surface area contributed by atoms with Gasteiger partial charge in [-0.1, -0.05) is 22.8 Å². The van der Waals surface area contributed by atoms with E-state index in [0.717, 1.165) is 22.4 Å². The summed E-state index contributed by atoms with van der Waals surface area (Å²) in [4.78, 5) is 0. The summed E-state index contributed by atoms with van der Waals surface area (Å²) in [5.74, 6) is 0.686. The maximum atomic E-state index is 12.3. The second-order valence-electron chi connectivity index (χ2n) is 6.69. The summed E-state index contributed by atoms with van der Waals surface area (Å²) in [5, 5.41) is 4.80. The maximum Gasteiger partial charge on any atom is 0.162 e. The molecule has 0 aliphatic heterocycles. The molecule has 0 saturated carbocycles. The third-order valence-electron chi connectivity index (χ3n) is 3.58. The lowest BCUT2D eigenvalue weighted by atomic mass is 9.97. The highest BCUT2D eigenvalue weighted by Gasteiger charge is 2.26. The smallest absolute Gasteiger partial charge is 0.162 e. The fraction of sp³-hybridized carbons (Fsp3) is 0.471. The first-order valence-electron chi connectivity index (χ1n) is 7.52. The van der Waals surface area contributed by atoms with E-state index in [0.29, 0.717) is 10.8 Å². The van der Waals surface area contributed by atoms with Crippen LogP contribution < -0.4 is 4.72 Å². The van der Waals surface area contributed by atoms with Gasteiger partial charge >= 0.3 is 0 Å². The van der Waals surface area contributed by atoms with Crippen molar-refractivity contribution in [2.45, 2.75) is 52.3 Å². The van der Waals surface area contributed by atoms with E-state index in [9.17, 15) is 4.21 Å². The quantitative estimate of drug-likeness (QED) is 0.863. The zero-order chi connectivity index (χ0) is 17.4. The van der Waals surface area contributed by atoms with Crippen molar-refractivity contribution < 1.29 is 8.73 Å². The second kappa shape index (κ2) is 6.75. The molecule has 23 heavy (non-hydrogen) atoms. The number of aromatic nitrogens is 1. The van der Waals surface area contributed by atoms with Crippen LogP contribution in [0.2, 0.25) is 5.02 Å². The Kier molecular flexibility index (Phi) is 5.33. The van der Waals surface area contributed by atoms with Crippen molar-refractivity contribution in [1.82, 2.24) is 9.88 Å². The van der Waals surface area contributed by atoms with Crippen molar-refractivity contribution in [2.24, 2.45) is 0 Å². The summed E-state index contributed by atoms with van der Waals surface area (Å²) in [5.41, 5.74) is 3.82. The molecule has 0 spiro atoms. The van der Waals surface area contributed by atoms with Crippen molar-refractivity contribution in [3.63, 3.8) is 0 Å². The minimum Gasteiger partial charge on any atom is -0.359 e. The Hall–Kier alpha value is -1.17. The Labute approximate surface area is 145 Å². The molecule has 0 unspecified atom stereocenters. The molecular weight excluding hydrogens is 332 g/mol. The minimum absolute atomic E-state index is 0.221. The summed E-state index contributed by atoms with van der Waals surface area (Å²) in [6.45, 7) is 11.6. The number of hydrogen-bond acceptors (Lipinski definition) is 3. The van der Waals surface area contributed by atoms with Crippen molar-refractivity contribution in [2.75, 3.05) is 0 Å². The average molecular weight is 355 g/mol. The average Bonchev–Trinajstić information content (AvgIpc) is 2.79. The topological polar surface area (TPSA) is 55.1 Å². The largest absolute Gasteiger partial charge is 0.359 e. The highest BCUT2D eigenvalue weighted by Crippen LogP contribution is 2.34. The van der Waals surface area contributed by atoms with Gasteiger partial charge in [-0.2, -0.15) is 0 Å². The number of benzene rings is 1. The van der Waals surface area contributed by atoms with Crippen LogP contribution in [-0.4, -0.2) is 14.1 Å². The van der Waals surface area contributed by atoms with Gasteiger partial charge in [0, 0.05) is 10.6 Å². The molecule has 1 aromatic heterocycles. The number of hydrogen-bond donors (Lipinski definition) is 1. The Morgan fingerprint density at radius 1 is 1.30 bits per heavy atom. The van der Waals surface area contributed by atoms with Gasteiger partial charge in [0.25, 0.3) is 0 Å². The van der Waals surface area contributed by atoms with Gasteiger partial charge < -0.3 is 4.52 Å². The number of rotatable bonds is 4. The molecule has 0 saturated heterocycles. The molecule has 0 radical (unpaired) electrons. The van der Waals surface area contributed by atoms with E-state index >= 15 is 0 Å².